The first-order chi connectivity index (χ1) is 9.27. The number of anilines is 1. The van der Waals surface area contributed by atoms with Crippen LogP contribution in [0.5, 0.6) is 5.75 Å². The zero-order chi connectivity index (χ0) is 13.9. The second-order valence-corrected chi connectivity index (χ2v) is 5.23. The zero-order valence-electron chi connectivity index (χ0n) is 12.8. The smallest absolute Gasteiger partial charge is 0.119 e. The van der Waals surface area contributed by atoms with Gasteiger partial charge in [-0.15, -0.1) is 0 Å². The van der Waals surface area contributed by atoms with Crippen molar-refractivity contribution in [1.82, 2.24) is 0 Å². The van der Waals surface area contributed by atoms with Crippen LogP contribution >= 0.6 is 0 Å². The van der Waals surface area contributed by atoms with Crippen LogP contribution in [0.25, 0.3) is 0 Å². The van der Waals surface area contributed by atoms with E-state index in [0.717, 1.165) is 12.3 Å². The van der Waals surface area contributed by atoms with E-state index in [4.69, 9.17) is 4.74 Å². The van der Waals surface area contributed by atoms with Gasteiger partial charge in [-0.2, -0.15) is 0 Å². The van der Waals surface area contributed by atoms with E-state index in [1.165, 1.54) is 56.2 Å². The van der Waals surface area contributed by atoms with E-state index in [1.54, 1.807) is 7.11 Å². The minimum Gasteiger partial charge on any atom is -0.497 e. The van der Waals surface area contributed by atoms with Crippen molar-refractivity contribution in [1.29, 1.82) is 0 Å². The molecule has 108 valence electrons. The summed E-state index contributed by atoms with van der Waals surface area (Å²) in [6.07, 6.45) is 9.51. The predicted octanol–water partition coefficient (Wildman–Crippen LogP) is 5.17. The topological polar surface area (TPSA) is 21.3 Å². The van der Waals surface area contributed by atoms with E-state index in [9.17, 15) is 0 Å². The van der Waals surface area contributed by atoms with Crippen molar-refractivity contribution in [3.63, 3.8) is 0 Å². The maximum Gasteiger partial charge on any atom is 0.119 e. The van der Waals surface area contributed by atoms with Crippen LogP contribution in [0.1, 0.15) is 57.4 Å². The Balaban J connectivity index is 2.12. The van der Waals surface area contributed by atoms with Crippen molar-refractivity contribution < 1.29 is 4.74 Å². The minimum atomic E-state index is 0.930. The van der Waals surface area contributed by atoms with E-state index in [-0.39, 0.29) is 0 Å². The van der Waals surface area contributed by atoms with Gasteiger partial charge in [-0.3, -0.25) is 0 Å². The summed E-state index contributed by atoms with van der Waals surface area (Å²) in [5.74, 6) is 0.930. The van der Waals surface area contributed by atoms with Crippen LogP contribution in [0.4, 0.5) is 5.69 Å². The van der Waals surface area contributed by atoms with Gasteiger partial charge in [0, 0.05) is 12.2 Å². The largest absolute Gasteiger partial charge is 0.497 e. The molecule has 2 nitrogen and oxygen atoms in total. The van der Waals surface area contributed by atoms with Gasteiger partial charge in [-0.05, 0) is 37.1 Å². The van der Waals surface area contributed by atoms with E-state index >= 15 is 0 Å². The summed E-state index contributed by atoms with van der Waals surface area (Å²) in [5.41, 5.74) is 2.48. The van der Waals surface area contributed by atoms with E-state index < -0.39 is 0 Å². The molecule has 2 heteroatoms. The van der Waals surface area contributed by atoms with E-state index in [1.807, 2.05) is 6.07 Å². The first-order valence-corrected chi connectivity index (χ1v) is 7.66. The quantitative estimate of drug-likeness (QED) is 0.588. The van der Waals surface area contributed by atoms with E-state index in [2.05, 4.69) is 31.3 Å². The van der Waals surface area contributed by atoms with Crippen LogP contribution < -0.4 is 10.1 Å². The Kier molecular flexibility index (Phi) is 8.11. The summed E-state index contributed by atoms with van der Waals surface area (Å²) in [7, 11) is 1.71. The van der Waals surface area contributed by atoms with Gasteiger partial charge in [0.2, 0.25) is 0 Å². The molecule has 0 bridgehead atoms. The summed E-state index contributed by atoms with van der Waals surface area (Å²) in [6.45, 7) is 5.46. The summed E-state index contributed by atoms with van der Waals surface area (Å²) >= 11 is 0. The van der Waals surface area contributed by atoms with Gasteiger partial charge in [0.25, 0.3) is 0 Å². The molecule has 19 heavy (non-hydrogen) atoms. The minimum absolute atomic E-state index is 0.930. The fraction of sp³-hybridized carbons (Fsp3) is 0.647. The standard InChI is InChI=1S/C17H29NO/c1-4-5-6-7-8-9-10-13-18-17-12-11-16(19-3)14-15(17)2/h11-12,14,18H,4-10,13H2,1-3H3. The Bertz CT molecular complexity index is 349. The highest BCUT2D eigenvalue weighted by Crippen LogP contribution is 2.21. The number of aryl methyl sites for hydroxylation is 1. The van der Waals surface area contributed by atoms with Crippen molar-refractivity contribution in [3.8, 4) is 5.75 Å². The number of ether oxygens (including phenoxy) is 1. The normalized spacial score (nSPS) is 10.5. The van der Waals surface area contributed by atoms with Crippen molar-refractivity contribution in [2.75, 3.05) is 19.0 Å². The highest BCUT2D eigenvalue weighted by molar-refractivity contribution is 5.53. The lowest BCUT2D eigenvalue weighted by Crippen LogP contribution is -2.03. The zero-order valence-corrected chi connectivity index (χ0v) is 12.8. The second-order valence-electron chi connectivity index (χ2n) is 5.23. The highest BCUT2D eigenvalue weighted by Gasteiger charge is 1.99. The molecule has 0 aliphatic carbocycles. The lowest BCUT2D eigenvalue weighted by Gasteiger charge is -2.10. The lowest BCUT2D eigenvalue weighted by molar-refractivity contribution is 0.414. The Labute approximate surface area is 118 Å². The third-order valence-corrected chi connectivity index (χ3v) is 3.53. The summed E-state index contributed by atoms with van der Waals surface area (Å²) < 4.78 is 5.21. The molecule has 1 N–H and O–H groups in total. The molecule has 0 radical (unpaired) electrons. The third-order valence-electron chi connectivity index (χ3n) is 3.53. The Hall–Kier alpha value is -1.18. The Morgan fingerprint density at radius 2 is 1.68 bits per heavy atom. The number of benzene rings is 1. The van der Waals surface area contributed by atoms with Crippen LogP contribution in [-0.2, 0) is 0 Å². The highest BCUT2D eigenvalue weighted by atomic mass is 16.5. The molecule has 0 unspecified atom stereocenters. The molecule has 0 aliphatic heterocycles. The molecule has 0 saturated heterocycles. The Morgan fingerprint density at radius 1 is 1.00 bits per heavy atom. The molecule has 0 heterocycles. The van der Waals surface area contributed by atoms with Crippen molar-refractivity contribution >= 4 is 5.69 Å². The molecular weight excluding hydrogens is 234 g/mol. The lowest BCUT2D eigenvalue weighted by atomic mass is 10.1. The van der Waals surface area contributed by atoms with Gasteiger partial charge in [0.05, 0.1) is 7.11 Å². The molecule has 0 aromatic heterocycles. The predicted molar refractivity (Wildman–Crippen MR) is 84.2 cm³/mol. The van der Waals surface area contributed by atoms with Gasteiger partial charge in [0.15, 0.2) is 0 Å². The molecule has 1 aromatic rings. The maximum absolute atomic E-state index is 5.21. The van der Waals surface area contributed by atoms with Crippen molar-refractivity contribution in [2.45, 2.75) is 58.8 Å². The van der Waals surface area contributed by atoms with E-state index in [0.29, 0.717) is 0 Å². The third kappa shape index (κ3) is 6.51. The first kappa shape index (κ1) is 15.9. The number of rotatable bonds is 10. The van der Waals surface area contributed by atoms with Gasteiger partial charge in [-0.25, -0.2) is 0 Å². The van der Waals surface area contributed by atoms with Crippen LogP contribution in [0.2, 0.25) is 0 Å². The number of unbranched alkanes of at least 4 members (excludes halogenated alkanes) is 6. The molecular formula is C17H29NO. The number of hydrogen-bond donors (Lipinski definition) is 1. The molecule has 0 fully saturated rings. The molecule has 0 amide bonds. The molecule has 0 spiro atoms. The molecule has 0 saturated carbocycles. The summed E-state index contributed by atoms with van der Waals surface area (Å²) in [6, 6.07) is 6.20. The summed E-state index contributed by atoms with van der Waals surface area (Å²) in [4.78, 5) is 0. The van der Waals surface area contributed by atoms with Crippen LogP contribution in [0.3, 0.4) is 0 Å². The monoisotopic (exact) mass is 263 g/mol. The molecule has 1 rings (SSSR count). The fourth-order valence-corrected chi connectivity index (χ4v) is 2.27. The number of nitrogens with one attached hydrogen (secondary N) is 1. The fourth-order valence-electron chi connectivity index (χ4n) is 2.27. The summed E-state index contributed by atoms with van der Waals surface area (Å²) in [5, 5.41) is 3.51. The average molecular weight is 263 g/mol. The van der Waals surface area contributed by atoms with Crippen LogP contribution in [-0.4, -0.2) is 13.7 Å². The van der Waals surface area contributed by atoms with Gasteiger partial charge in [-0.1, -0.05) is 45.4 Å². The first-order valence-electron chi connectivity index (χ1n) is 7.66. The Morgan fingerprint density at radius 3 is 2.32 bits per heavy atom. The molecule has 1 aromatic carbocycles. The average Bonchev–Trinajstić information content (AvgIpc) is 2.43. The van der Waals surface area contributed by atoms with Gasteiger partial charge >= 0.3 is 0 Å². The van der Waals surface area contributed by atoms with Gasteiger partial charge < -0.3 is 10.1 Å². The maximum atomic E-state index is 5.21. The number of methoxy groups -OCH3 is 1. The second kappa shape index (κ2) is 9.71. The number of hydrogen-bond acceptors (Lipinski definition) is 2. The van der Waals surface area contributed by atoms with Gasteiger partial charge in [0.1, 0.15) is 5.75 Å². The van der Waals surface area contributed by atoms with Crippen molar-refractivity contribution in [3.05, 3.63) is 23.8 Å². The molecule has 0 aliphatic rings. The van der Waals surface area contributed by atoms with Crippen molar-refractivity contribution in [2.24, 2.45) is 0 Å². The van der Waals surface area contributed by atoms with Crippen LogP contribution in [0.15, 0.2) is 18.2 Å². The SMILES string of the molecule is CCCCCCCCCNc1ccc(OC)cc1C. The van der Waals surface area contributed by atoms with Crippen LogP contribution in [0, 0.1) is 6.92 Å². The molecule has 0 atom stereocenters.